The van der Waals surface area contributed by atoms with Crippen LogP contribution in [0.1, 0.15) is 43.7 Å². The lowest BCUT2D eigenvalue weighted by Gasteiger charge is -2.24. The van der Waals surface area contributed by atoms with Gasteiger partial charge in [0.15, 0.2) is 5.65 Å². The minimum absolute atomic E-state index is 0.0958. The number of nitrogens with zero attached hydrogens (tertiary/aromatic N) is 6. The number of aromatic nitrogens is 5. The smallest absolute Gasteiger partial charge is 0.415 e. The highest BCUT2D eigenvalue weighted by atomic mass is 35.5. The fourth-order valence-electron chi connectivity index (χ4n) is 3.04. The Labute approximate surface area is 202 Å². The molecule has 184 valence electrons. The van der Waals surface area contributed by atoms with Crippen LogP contribution in [0.25, 0.3) is 5.65 Å². The van der Waals surface area contributed by atoms with Crippen LogP contribution in [-0.2, 0) is 23.1 Å². The van der Waals surface area contributed by atoms with Crippen molar-refractivity contribution in [3.63, 3.8) is 0 Å². The maximum absolute atomic E-state index is 12.9. The molecule has 12 nitrogen and oxygen atoms in total. The summed E-state index contributed by atoms with van der Waals surface area (Å²) in [7, 11) is 3.27. The summed E-state index contributed by atoms with van der Waals surface area (Å²) in [6.07, 6.45) is 0.767. The summed E-state index contributed by atoms with van der Waals surface area (Å²) in [6.45, 7) is 7.61. The molecule has 3 heterocycles. The molecule has 3 N–H and O–H groups in total. The summed E-state index contributed by atoms with van der Waals surface area (Å²) < 4.78 is 13.9. The van der Waals surface area contributed by atoms with E-state index in [1.807, 2.05) is 0 Å². The van der Waals surface area contributed by atoms with Gasteiger partial charge in [-0.05, 0) is 27.7 Å². The standard InChI is InChI=1S/C21H29ClN8O4/c1-12(10-33-11-13-7-16(23)29(6)27-13)25-19(31)14-9-24-30-17(8-15(22)26-18(14)30)28(5)20(32)34-21(2,3)4/h7-9,12H,10-11,23H2,1-6H3,(H,25,31)/t12-/m1/s1. The fourth-order valence-corrected chi connectivity index (χ4v) is 3.22. The molecule has 0 radical (unpaired) electrons. The van der Waals surface area contributed by atoms with Gasteiger partial charge in [-0.15, -0.1) is 0 Å². The lowest BCUT2D eigenvalue weighted by Crippen LogP contribution is -2.36. The molecule has 1 atom stereocenters. The van der Waals surface area contributed by atoms with E-state index in [2.05, 4.69) is 20.5 Å². The Kier molecular flexibility index (Phi) is 7.32. The van der Waals surface area contributed by atoms with Gasteiger partial charge in [0.25, 0.3) is 5.91 Å². The second-order valence-electron chi connectivity index (χ2n) is 8.84. The number of carbonyl (C=O) groups is 2. The minimum Gasteiger partial charge on any atom is -0.443 e. The molecule has 0 aromatic carbocycles. The normalized spacial score (nSPS) is 12.6. The lowest BCUT2D eigenvalue weighted by molar-refractivity contribution is 0.0587. The van der Waals surface area contributed by atoms with E-state index in [1.165, 1.54) is 28.7 Å². The fraction of sp³-hybridized carbons (Fsp3) is 0.476. The van der Waals surface area contributed by atoms with E-state index in [0.717, 1.165) is 0 Å². The monoisotopic (exact) mass is 492 g/mol. The number of anilines is 2. The first-order valence-electron chi connectivity index (χ1n) is 10.5. The maximum Gasteiger partial charge on any atom is 0.415 e. The highest BCUT2D eigenvalue weighted by Gasteiger charge is 2.25. The van der Waals surface area contributed by atoms with Crippen LogP contribution >= 0.6 is 11.6 Å². The van der Waals surface area contributed by atoms with E-state index in [-0.39, 0.29) is 35.6 Å². The van der Waals surface area contributed by atoms with Crippen molar-refractivity contribution in [1.82, 2.24) is 29.7 Å². The van der Waals surface area contributed by atoms with E-state index < -0.39 is 17.6 Å². The molecule has 0 bridgehead atoms. The summed E-state index contributed by atoms with van der Waals surface area (Å²) in [5.41, 5.74) is 6.17. The second kappa shape index (κ2) is 9.85. The third-order valence-electron chi connectivity index (χ3n) is 4.64. The molecule has 0 aliphatic rings. The van der Waals surface area contributed by atoms with Crippen molar-refractivity contribution < 1.29 is 19.1 Å². The molecule has 34 heavy (non-hydrogen) atoms. The number of aryl methyl sites for hydroxylation is 1. The minimum atomic E-state index is -0.683. The molecule has 0 spiro atoms. The molecule has 0 unspecified atom stereocenters. The molecule has 0 aliphatic heterocycles. The van der Waals surface area contributed by atoms with Gasteiger partial charge < -0.3 is 20.5 Å². The zero-order chi connectivity index (χ0) is 25.2. The molecule has 2 amide bonds. The van der Waals surface area contributed by atoms with Crippen LogP contribution in [0.15, 0.2) is 18.3 Å². The van der Waals surface area contributed by atoms with Gasteiger partial charge in [0, 0.05) is 32.3 Å². The van der Waals surface area contributed by atoms with E-state index in [9.17, 15) is 9.59 Å². The molecule has 0 saturated heterocycles. The topological polar surface area (TPSA) is 142 Å². The highest BCUT2D eigenvalue weighted by molar-refractivity contribution is 6.30. The quantitative estimate of drug-likeness (QED) is 0.479. The van der Waals surface area contributed by atoms with Crippen molar-refractivity contribution in [2.75, 3.05) is 24.3 Å². The Balaban J connectivity index is 1.70. The number of ether oxygens (including phenoxy) is 2. The van der Waals surface area contributed by atoms with Crippen LogP contribution in [0.3, 0.4) is 0 Å². The number of fused-ring (bicyclic) bond motifs is 1. The van der Waals surface area contributed by atoms with Gasteiger partial charge in [-0.1, -0.05) is 11.6 Å². The summed E-state index contributed by atoms with van der Waals surface area (Å²) >= 11 is 6.19. The van der Waals surface area contributed by atoms with E-state index in [4.69, 9.17) is 26.8 Å². The van der Waals surface area contributed by atoms with Crippen LogP contribution in [0.5, 0.6) is 0 Å². The number of carbonyl (C=O) groups excluding carboxylic acids is 2. The average Bonchev–Trinajstić information content (AvgIpc) is 3.28. The SMILES string of the molecule is C[C@H](COCc1cc(N)n(C)n1)NC(=O)c1cnn2c(N(C)C(=O)OC(C)(C)C)cc(Cl)nc12. The Morgan fingerprint density at radius 1 is 1.32 bits per heavy atom. The zero-order valence-corrected chi connectivity index (χ0v) is 20.8. The highest BCUT2D eigenvalue weighted by Crippen LogP contribution is 2.23. The maximum atomic E-state index is 12.9. The number of halogens is 1. The van der Waals surface area contributed by atoms with Gasteiger partial charge in [-0.25, -0.2) is 9.78 Å². The van der Waals surface area contributed by atoms with Gasteiger partial charge in [-0.2, -0.15) is 14.7 Å². The van der Waals surface area contributed by atoms with Crippen molar-refractivity contribution in [3.05, 3.63) is 34.7 Å². The van der Waals surface area contributed by atoms with Crippen molar-refractivity contribution >= 4 is 40.9 Å². The van der Waals surface area contributed by atoms with Crippen LogP contribution in [0.4, 0.5) is 16.4 Å². The van der Waals surface area contributed by atoms with Crippen molar-refractivity contribution in [1.29, 1.82) is 0 Å². The Morgan fingerprint density at radius 2 is 2.03 bits per heavy atom. The lowest BCUT2D eigenvalue weighted by atomic mass is 10.2. The Hall–Kier alpha value is -3.38. The van der Waals surface area contributed by atoms with Crippen molar-refractivity contribution in [2.24, 2.45) is 7.05 Å². The second-order valence-corrected chi connectivity index (χ2v) is 9.23. The first kappa shape index (κ1) is 25.2. The van der Waals surface area contributed by atoms with Crippen LogP contribution < -0.4 is 16.0 Å². The number of nitrogens with two attached hydrogens (primary N) is 1. The number of hydrogen-bond acceptors (Lipinski definition) is 8. The van der Waals surface area contributed by atoms with Gasteiger partial charge in [0.1, 0.15) is 28.0 Å². The number of hydrogen-bond donors (Lipinski definition) is 2. The van der Waals surface area contributed by atoms with Crippen LogP contribution in [-0.4, -0.2) is 61.7 Å². The van der Waals surface area contributed by atoms with Crippen molar-refractivity contribution in [2.45, 2.75) is 45.9 Å². The molecule has 3 rings (SSSR count). The van der Waals surface area contributed by atoms with Crippen LogP contribution in [0, 0.1) is 0 Å². The summed E-state index contributed by atoms with van der Waals surface area (Å²) in [4.78, 5) is 30.9. The van der Waals surface area contributed by atoms with E-state index in [0.29, 0.717) is 17.3 Å². The van der Waals surface area contributed by atoms with Gasteiger partial charge in [0.05, 0.1) is 25.1 Å². The predicted octanol–water partition coefficient (Wildman–Crippen LogP) is 2.40. The molecule has 3 aromatic heterocycles. The summed E-state index contributed by atoms with van der Waals surface area (Å²) in [5, 5.41) is 11.4. The van der Waals surface area contributed by atoms with Gasteiger partial charge >= 0.3 is 6.09 Å². The van der Waals surface area contributed by atoms with Crippen molar-refractivity contribution in [3.8, 4) is 0 Å². The molecule has 3 aromatic rings. The number of nitrogen functional groups attached to an aromatic ring is 1. The summed E-state index contributed by atoms with van der Waals surface area (Å²) in [5.74, 6) is 0.430. The molecule has 0 saturated carbocycles. The number of nitrogens with one attached hydrogen (secondary N) is 1. The Bertz CT molecular complexity index is 1180. The van der Waals surface area contributed by atoms with E-state index in [1.54, 1.807) is 45.5 Å². The molecular formula is C21H29ClN8O4. The largest absolute Gasteiger partial charge is 0.443 e. The number of rotatable bonds is 7. The summed E-state index contributed by atoms with van der Waals surface area (Å²) in [6, 6.07) is 2.88. The Morgan fingerprint density at radius 3 is 2.65 bits per heavy atom. The molecule has 0 fully saturated rings. The van der Waals surface area contributed by atoms with Gasteiger partial charge in [-0.3, -0.25) is 14.4 Å². The zero-order valence-electron chi connectivity index (χ0n) is 20.0. The van der Waals surface area contributed by atoms with Gasteiger partial charge in [0.2, 0.25) is 0 Å². The third-order valence-corrected chi connectivity index (χ3v) is 4.83. The third kappa shape index (κ3) is 5.94. The average molecular weight is 493 g/mol. The first-order chi connectivity index (χ1) is 15.9. The predicted molar refractivity (Wildman–Crippen MR) is 127 cm³/mol. The molecule has 13 heteroatoms. The number of amides is 2. The molecular weight excluding hydrogens is 464 g/mol. The van der Waals surface area contributed by atoms with E-state index >= 15 is 0 Å². The first-order valence-corrected chi connectivity index (χ1v) is 10.9. The van der Waals surface area contributed by atoms with Crippen LogP contribution in [0.2, 0.25) is 5.15 Å². The molecule has 0 aliphatic carbocycles.